The van der Waals surface area contributed by atoms with Gasteiger partial charge in [-0.3, -0.25) is 19.5 Å². The van der Waals surface area contributed by atoms with Gasteiger partial charge in [-0.05, 0) is 6.07 Å². The minimum absolute atomic E-state index is 0.0230. The molecule has 4 N–H and O–H groups in total. The summed E-state index contributed by atoms with van der Waals surface area (Å²) in [6.45, 7) is 0.783. The van der Waals surface area contributed by atoms with E-state index in [-0.39, 0.29) is 22.5 Å². The Labute approximate surface area is 140 Å². The van der Waals surface area contributed by atoms with Gasteiger partial charge in [-0.1, -0.05) is 30.0 Å². The van der Waals surface area contributed by atoms with Crippen LogP contribution in [-0.2, 0) is 4.79 Å². The lowest BCUT2D eigenvalue weighted by Gasteiger charge is -2.11. The molecule has 124 valence electrons. The first-order chi connectivity index (χ1) is 11.6. The molecule has 10 heteroatoms. The molecule has 0 atom stereocenters. The van der Waals surface area contributed by atoms with Crippen LogP contribution >= 0.6 is 11.8 Å². The first kappa shape index (κ1) is 16.0. The number of hydrogen-bond acceptors (Lipinski definition) is 7. The van der Waals surface area contributed by atoms with Gasteiger partial charge in [0.1, 0.15) is 0 Å². The molecule has 0 aliphatic carbocycles. The van der Waals surface area contributed by atoms with E-state index >= 15 is 0 Å². The maximum absolute atomic E-state index is 12.2. The van der Waals surface area contributed by atoms with E-state index in [4.69, 9.17) is 5.73 Å². The molecule has 0 unspecified atom stereocenters. The molecule has 9 nitrogen and oxygen atoms in total. The van der Waals surface area contributed by atoms with Gasteiger partial charge in [-0.2, -0.15) is 0 Å². The highest BCUT2D eigenvalue weighted by molar-refractivity contribution is 7.99. The number of imide groups is 1. The summed E-state index contributed by atoms with van der Waals surface area (Å²) in [5, 5.41) is 10.6. The lowest BCUT2D eigenvalue weighted by molar-refractivity contribution is -0.124. The summed E-state index contributed by atoms with van der Waals surface area (Å²) >= 11 is 1.01. The number of nitrogens with two attached hydrogens (primary N) is 1. The number of thioether (sulfide) groups is 1. The zero-order chi connectivity index (χ0) is 17.1. The molecule has 24 heavy (non-hydrogen) atoms. The van der Waals surface area contributed by atoms with Crippen molar-refractivity contribution < 1.29 is 9.59 Å². The van der Waals surface area contributed by atoms with Crippen LogP contribution in [0.4, 0.5) is 10.5 Å². The fourth-order valence-electron chi connectivity index (χ4n) is 2.19. The number of nitrogen functional groups attached to an aromatic ring is 1. The fraction of sp³-hybridized carbons (Fsp3) is 0.214. The van der Waals surface area contributed by atoms with Crippen LogP contribution in [-0.4, -0.2) is 50.9 Å². The monoisotopic (exact) mass is 346 g/mol. The number of rotatable bonds is 4. The number of aromatic nitrogens is 3. The van der Waals surface area contributed by atoms with Gasteiger partial charge in [0.2, 0.25) is 5.91 Å². The van der Waals surface area contributed by atoms with Crippen LogP contribution in [0.3, 0.4) is 0 Å². The van der Waals surface area contributed by atoms with Crippen molar-refractivity contribution in [1.82, 2.24) is 25.4 Å². The summed E-state index contributed by atoms with van der Waals surface area (Å²) in [5.74, 6) is -0.376. The van der Waals surface area contributed by atoms with E-state index in [9.17, 15) is 14.4 Å². The highest BCUT2D eigenvalue weighted by atomic mass is 32.2. The molecule has 1 aromatic carbocycles. The Morgan fingerprint density at radius 2 is 2.08 bits per heavy atom. The number of urea groups is 1. The third kappa shape index (κ3) is 3.23. The molecule has 0 radical (unpaired) electrons. The number of carbonyl (C=O) groups is 2. The maximum atomic E-state index is 12.2. The number of anilines is 1. The van der Waals surface area contributed by atoms with Crippen LogP contribution in [0.2, 0.25) is 0 Å². The van der Waals surface area contributed by atoms with Gasteiger partial charge in [0, 0.05) is 24.3 Å². The average molecular weight is 346 g/mol. The number of nitrogens with zero attached hydrogens (tertiary/aromatic N) is 3. The van der Waals surface area contributed by atoms with Crippen LogP contribution in [0.15, 0.2) is 34.2 Å². The second-order valence-corrected chi connectivity index (χ2v) is 5.93. The number of amides is 3. The second kappa shape index (κ2) is 6.71. The average Bonchev–Trinajstić information content (AvgIpc) is 3.00. The predicted octanol–water partition coefficient (Wildman–Crippen LogP) is 0.0580. The molecule has 2 heterocycles. The molecule has 2 aromatic rings. The Bertz CT molecular complexity index is 852. The highest BCUT2D eigenvalue weighted by Gasteiger charge is 2.26. The smallest absolute Gasteiger partial charge is 0.324 e. The van der Waals surface area contributed by atoms with E-state index in [1.165, 1.54) is 0 Å². The van der Waals surface area contributed by atoms with E-state index in [2.05, 4.69) is 20.5 Å². The topological polar surface area (TPSA) is 134 Å². The van der Waals surface area contributed by atoms with E-state index in [0.29, 0.717) is 24.3 Å². The zero-order valence-electron chi connectivity index (χ0n) is 12.5. The third-order valence-electron chi connectivity index (χ3n) is 3.38. The summed E-state index contributed by atoms with van der Waals surface area (Å²) in [6, 6.07) is 6.44. The van der Waals surface area contributed by atoms with Crippen molar-refractivity contribution in [2.45, 2.75) is 5.16 Å². The largest absolute Gasteiger partial charge is 0.398 e. The van der Waals surface area contributed by atoms with Gasteiger partial charge in [-0.15, -0.1) is 10.2 Å². The predicted molar refractivity (Wildman–Crippen MR) is 88.3 cm³/mol. The number of H-pyrrole nitrogens is 1. The number of carbonyl (C=O) groups excluding carboxylic acids is 2. The molecule has 1 aromatic heterocycles. The Hall–Kier alpha value is -2.88. The van der Waals surface area contributed by atoms with Crippen molar-refractivity contribution in [3.05, 3.63) is 34.6 Å². The minimum atomic E-state index is -0.447. The standard InChI is InChI=1S/C14H14N6O3S/c15-9-4-2-1-3-8(9)11-12(22)17-13(19-18-11)24-7-10(21)20-6-5-16-14(20)23/h1-4H,5-7,15H2,(H,16,23)(H,17,19,22). The number of para-hydroxylation sites is 1. The molecule has 1 saturated heterocycles. The molecule has 1 aliphatic rings. The van der Waals surface area contributed by atoms with Crippen molar-refractivity contribution >= 4 is 29.4 Å². The summed E-state index contributed by atoms with van der Waals surface area (Å²) in [5.41, 5.74) is 6.41. The van der Waals surface area contributed by atoms with E-state index in [1.54, 1.807) is 24.3 Å². The molecule has 0 saturated carbocycles. The van der Waals surface area contributed by atoms with Crippen LogP contribution in [0.25, 0.3) is 11.3 Å². The minimum Gasteiger partial charge on any atom is -0.398 e. The molecule has 3 amide bonds. The third-order valence-corrected chi connectivity index (χ3v) is 4.23. The van der Waals surface area contributed by atoms with E-state index < -0.39 is 11.6 Å². The summed E-state index contributed by atoms with van der Waals surface area (Å²) in [7, 11) is 0. The van der Waals surface area contributed by atoms with Gasteiger partial charge in [0.05, 0.1) is 5.75 Å². The lowest BCUT2D eigenvalue weighted by atomic mass is 10.1. The van der Waals surface area contributed by atoms with Crippen molar-refractivity contribution in [3.8, 4) is 11.3 Å². The molecule has 0 spiro atoms. The number of hydrogen-bond donors (Lipinski definition) is 3. The Morgan fingerprint density at radius 3 is 2.75 bits per heavy atom. The summed E-state index contributed by atoms with van der Waals surface area (Å²) in [4.78, 5) is 39.2. The molecule has 0 bridgehead atoms. The normalized spacial score (nSPS) is 13.8. The van der Waals surface area contributed by atoms with Crippen molar-refractivity contribution in [2.24, 2.45) is 0 Å². The van der Waals surface area contributed by atoms with Crippen LogP contribution in [0, 0.1) is 0 Å². The van der Waals surface area contributed by atoms with Gasteiger partial charge in [0.25, 0.3) is 5.56 Å². The SMILES string of the molecule is Nc1ccccc1-c1nnc(SCC(=O)N2CCNC2=O)[nH]c1=O. The van der Waals surface area contributed by atoms with E-state index in [0.717, 1.165) is 16.7 Å². The molecule has 1 aliphatic heterocycles. The maximum Gasteiger partial charge on any atom is 0.324 e. The Kier molecular flexibility index (Phi) is 4.47. The van der Waals surface area contributed by atoms with Crippen molar-refractivity contribution in [2.75, 3.05) is 24.6 Å². The first-order valence-electron chi connectivity index (χ1n) is 7.09. The number of aromatic amines is 1. The van der Waals surface area contributed by atoms with Crippen molar-refractivity contribution in [3.63, 3.8) is 0 Å². The van der Waals surface area contributed by atoms with Gasteiger partial charge in [-0.25, -0.2) is 4.79 Å². The molecule has 3 rings (SSSR count). The van der Waals surface area contributed by atoms with Crippen LogP contribution in [0.1, 0.15) is 0 Å². The van der Waals surface area contributed by atoms with Crippen molar-refractivity contribution in [1.29, 1.82) is 0 Å². The van der Waals surface area contributed by atoms with E-state index in [1.807, 2.05) is 0 Å². The molecular weight excluding hydrogens is 332 g/mol. The van der Waals surface area contributed by atoms with Gasteiger partial charge in [0.15, 0.2) is 10.9 Å². The lowest BCUT2D eigenvalue weighted by Crippen LogP contribution is -2.35. The number of benzene rings is 1. The second-order valence-electron chi connectivity index (χ2n) is 4.96. The zero-order valence-corrected chi connectivity index (χ0v) is 13.3. The summed E-state index contributed by atoms with van der Waals surface area (Å²) in [6.07, 6.45) is 0. The van der Waals surface area contributed by atoms with Gasteiger partial charge < -0.3 is 11.1 Å². The first-order valence-corrected chi connectivity index (χ1v) is 8.07. The van der Waals surface area contributed by atoms with Crippen LogP contribution < -0.4 is 16.6 Å². The Balaban J connectivity index is 1.71. The highest BCUT2D eigenvalue weighted by Crippen LogP contribution is 2.20. The van der Waals surface area contributed by atoms with Gasteiger partial charge >= 0.3 is 6.03 Å². The molecule has 1 fully saturated rings. The quantitative estimate of drug-likeness (QED) is 0.526. The summed E-state index contributed by atoms with van der Waals surface area (Å²) < 4.78 is 0. The van der Waals surface area contributed by atoms with Crippen LogP contribution in [0.5, 0.6) is 0 Å². The number of nitrogens with one attached hydrogen (secondary N) is 2. The fourth-order valence-corrected chi connectivity index (χ4v) is 2.87. The Morgan fingerprint density at radius 1 is 1.29 bits per heavy atom. The molecular formula is C14H14N6O3S.